The largest absolute Gasteiger partial charge is 0.481 e. The first-order chi connectivity index (χ1) is 15.0. The number of aliphatic carboxylic acids is 1. The molecule has 0 aromatic heterocycles. The van der Waals surface area contributed by atoms with Crippen molar-refractivity contribution in [2.75, 3.05) is 18.4 Å². The van der Waals surface area contributed by atoms with Gasteiger partial charge in [-0.15, -0.1) is 0 Å². The Bertz CT molecular complexity index is 846. The second-order valence-electron chi connectivity index (χ2n) is 9.23. The molecule has 1 heterocycles. The second kappa shape index (κ2) is 9.37. The molecule has 1 aliphatic heterocycles. The maximum Gasteiger partial charge on any atom is 0.393 e. The van der Waals surface area contributed by atoms with Crippen LogP contribution in [0.15, 0.2) is 18.2 Å². The molecule has 5 nitrogen and oxygen atoms in total. The van der Waals surface area contributed by atoms with E-state index in [-0.39, 0.29) is 12.1 Å². The SMILES string of the molecule is CCC1CCN(C(C(=O)Nc2cc(CC3(C(=O)O)CC3)ccc2F)C(C)C(F)(F)F)CC1. The van der Waals surface area contributed by atoms with E-state index in [1.165, 1.54) is 12.1 Å². The third-order valence-electron chi connectivity index (χ3n) is 7.02. The Morgan fingerprint density at radius 2 is 1.88 bits per heavy atom. The second-order valence-corrected chi connectivity index (χ2v) is 9.23. The third kappa shape index (κ3) is 5.42. The molecule has 2 N–H and O–H groups in total. The Morgan fingerprint density at radius 1 is 1.25 bits per heavy atom. The van der Waals surface area contributed by atoms with E-state index in [0.29, 0.717) is 50.3 Å². The van der Waals surface area contributed by atoms with Crippen molar-refractivity contribution >= 4 is 17.6 Å². The Kier molecular flexibility index (Phi) is 7.17. The van der Waals surface area contributed by atoms with E-state index in [4.69, 9.17) is 0 Å². The van der Waals surface area contributed by atoms with Gasteiger partial charge in [-0.25, -0.2) is 4.39 Å². The molecule has 1 aliphatic carbocycles. The van der Waals surface area contributed by atoms with Crippen molar-refractivity contribution in [1.29, 1.82) is 0 Å². The number of amides is 1. The van der Waals surface area contributed by atoms with Crippen LogP contribution in [-0.2, 0) is 16.0 Å². The molecule has 0 spiro atoms. The van der Waals surface area contributed by atoms with Gasteiger partial charge in [0.25, 0.3) is 0 Å². The molecular formula is C23H30F4N2O3. The lowest BCUT2D eigenvalue weighted by Crippen LogP contribution is -2.54. The molecular weight excluding hydrogens is 428 g/mol. The third-order valence-corrected chi connectivity index (χ3v) is 7.02. The number of nitrogens with one attached hydrogen (secondary N) is 1. The van der Waals surface area contributed by atoms with Crippen molar-refractivity contribution in [3.8, 4) is 0 Å². The number of hydrogen-bond donors (Lipinski definition) is 2. The van der Waals surface area contributed by atoms with Crippen molar-refractivity contribution in [2.24, 2.45) is 17.3 Å². The van der Waals surface area contributed by atoms with Crippen LogP contribution in [0.4, 0.5) is 23.2 Å². The van der Waals surface area contributed by atoms with Crippen LogP contribution in [0.1, 0.15) is 51.5 Å². The zero-order chi connectivity index (χ0) is 23.7. The minimum atomic E-state index is -4.58. The Labute approximate surface area is 185 Å². The number of hydrogen-bond acceptors (Lipinski definition) is 3. The number of benzene rings is 1. The zero-order valence-electron chi connectivity index (χ0n) is 18.3. The van der Waals surface area contributed by atoms with Crippen LogP contribution < -0.4 is 5.32 Å². The molecule has 9 heteroatoms. The van der Waals surface area contributed by atoms with Gasteiger partial charge in [-0.3, -0.25) is 14.5 Å². The molecule has 0 radical (unpaired) electrons. The summed E-state index contributed by atoms with van der Waals surface area (Å²) in [6, 6.07) is 2.41. The van der Waals surface area contributed by atoms with E-state index in [9.17, 15) is 32.3 Å². The summed E-state index contributed by atoms with van der Waals surface area (Å²) in [6.07, 6.45) is -1.00. The van der Waals surface area contributed by atoms with Crippen LogP contribution >= 0.6 is 0 Å². The highest BCUT2D eigenvalue weighted by Gasteiger charge is 2.50. The molecule has 1 amide bonds. The average molecular weight is 458 g/mol. The van der Waals surface area contributed by atoms with Gasteiger partial charge in [0.2, 0.25) is 5.91 Å². The number of likely N-dealkylation sites (tertiary alicyclic amines) is 1. The quantitative estimate of drug-likeness (QED) is 0.546. The number of halogens is 4. The van der Waals surface area contributed by atoms with Crippen LogP contribution in [0.5, 0.6) is 0 Å². The Hall–Kier alpha value is -2.16. The maximum absolute atomic E-state index is 14.4. The fourth-order valence-electron chi connectivity index (χ4n) is 4.52. The van der Waals surface area contributed by atoms with Gasteiger partial charge in [0.05, 0.1) is 17.0 Å². The van der Waals surface area contributed by atoms with E-state index < -0.39 is 41.2 Å². The minimum Gasteiger partial charge on any atom is -0.481 e. The normalized spacial score (nSPS) is 21.1. The van der Waals surface area contributed by atoms with Gasteiger partial charge in [-0.05, 0) is 68.8 Å². The molecule has 2 fully saturated rings. The number of carboxylic acid groups (broad SMARTS) is 1. The molecule has 0 bridgehead atoms. The average Bonchev–Trinajstić information content (AvgIpc) is 3.51. The molecule has 1 aromatic carbocycles. The standard InChI is InChI=1S/C23H30F4N2O3/c1-3-15-6-10-29(11-7-15)19(14(2)23(25,26)27)20(30)28-18-12-16(4-5-17(18)24)13-22(8-9-22)21(31)32/h4-5,12,14-15,19H,3,6-11,13H2,1-2H3,(H,28,30)(H,31,32). The van der Waals surface area contributed by atoms with Gasteiger partial charge in [0, 0.05) is 0 Å². The van der Waals surface area contributed by atoms with E-state index in [1.54, 1.807) is 4.90 Å². The highest BCUT2D eigenvalue weighted by molar-refractivity contribution is 5.95. The lowest BCUT2D eigenvalue weighted by Gasteiger charge is -2.39. The van der Waals surface area contributed by atoms with Gasteiger partial charge in [0.15, 0.2) is 0 Å². The number of carboxylic acids is 1. The first-order valence-corrected chi connectivity index (χ1v) is 11.1. The lowest BCUT2D eigenvalue weighted by molar-refractivity contribution is -0.189. The summed E-state index contributed by atoms with van der Waals surface area (Å²) >= 11 is 0. The van der Waals surface area contributed by atoms with Gasteiger partial charge in [-0.2, -0.15) is 13.2 Å². The van der Waals surface area contributed by atoms with Crippen LogP contribution in [-0.4, -0.2) is 47.2 Å². The topological polar surface area (TPSA) is 69.6 Å². The fraction of sp³-hybridized carbons (Fsp3) is 0.652. The smallest absolute Gasteiger partial charge is 0.393 e. The van der Waals surface area contributed by atoms with Crippen molar-refractivity contribution < 1.29 is 32.3 Å². The van der Waals surface area contributed by atoms with E-state index in [0.717, 1.165) is 19.4 Å². The fourth-order valence-corrected chi connectivity index (χ4v) is 4.52. The summed E-state index contributed by atoms with van der Waals surface area (Å²) in [4.78, 5) is 26.0. The number of carbonyl (C=O) groups is 2. The number of anilines is 1. The molecule has 1 saturated carbocycles. The van der Waals surface area contributed by atoms with Crippen molar-refractivity contribution in [3.63, 3.8) is 0 Å². The molecule has 2 aliphatic rings. The molecule has 2 unspecified atom stereocenters. The highest BCUT2D eigenvalue weighted by atomic mass is 19.4. The van der Waals surface area contributed by atoms with E-state index in [2.05, 4.69) is 5.32 Å². The minimum absolute atomic E-state index is 0.179. The molecule has 3 rings (SSSR count). The van der Waals surface area contributed by atoms with E-state index in [1.807, 2.05) is 6.92 Å². The van der Waals surface area contributed by atoms with Crippen molar-refractivity contribution in [3.05, 3.63) is 29.6 Å². The number of carbonyl (C=O) groups excluding carboxylic acids is 1. The Morgan fingerprint density at radius 3 is 2.38 bits per heavy atom. The molecule has 32 heavy (non-hydrogen) atoms. The van der Waals surface area contributed by atoms with Crippen molar-refractivity contribution in [2.45, 2.75) is 64.6 Å². The van der Waals surface area contributed by atoms with Crippen molar-refractivity contribution in [1.82, 2.24) is 4.90 Å². The van der Waals surface area contributed by atoms with Gasteiger partial charge in [-0.1, -0.05) is 26.3 Å². The number of rotatable bonds is 8. The van der Waals surface area contributed by atoms with Gasteiger partial charge >= 0.3 is 12.1 Å². The van der Waals surface area contributed by atoms with Gasteiger partial charge in [0.1, 0.15) is 11.9 Å². The zero-order valence-corrected chi connectivity index (χ0v) is 18.3. The monoisotopic (exact) mass is 458 g/mol. The lowest BCUT2D eigenvalue weighted by atomic mass is 9.90. The predicted molar refractivity (Wildman–Crippen MR) is 112 cm³/mol. The summed E-state index contributed by atoms with van der Waals surface area (Å²) < 4.78 is 55.1. The molecule has 2 atom stereocenters. The summed E-state index contributed by atoms with van der Waals surface area (Å²) in [5, 5.41) is 11.7. The summed E-state index contributed by atoms with van der Waals surface area (Å²) in [5.41, 5.74) is -0.585. The van der Waals surface area contributed by atoms with Crippen LogP contribution in [0.25, 0.3) is 0 Å². The number of piperidine rings is 1. The van der Waals surface area contributed by atoms with Crippen LogP contribution in [0.3, 0.4) is 0 Å². The summed E-state index contributed by atoms with van der Waals surface area (Å²) in [6.45, 7) is 3.77. The first-order valence-electron chi connectivity index (χ1n) is 11.1. The number of alkyl halides is 3. The molecule has 1 aromatic rings. The molecule has 1 saturated heterocycles. The Balaban J connectivity index is 1.79. The predicted octanol–water partition coefficient (Wildman–Crippen LogP) is 4.86. The maximum atomic E-state index is 14.4. The summed E-state index contributed by atoms with van der Waals surface area (Å²) in [5.74, 6) is -4.10. The van der Waals surface area contributed by atoms with Crippen LogP contribution in [0.2, 0.25) is 0 Å². The summed E-state index contributed by atoms with van der Waals surface area (Å²) in [7, 11) is 0. The molecule has 178 valence electrons. The number of nitrogens with zero attached hydrogens (tertiary/aromatic N) is 1. The van der Waals surface area contributed by atoms with Gasteiger partial charge < -0.3 is 10.4 Å². The van der Waals surface area contributed by atoms with E-state index >= 15 is 0 Å². The highest BCUT2D eigenvalue weighted by Crippen LogP contribution is 2.48. The van der Waals surface area contributed by atoms with Crippen LogP contribution in [0, 0.1) is 23.1 Å². The first kappa shape index (κ1) is 24.5.